The molecule has 3 heterocycles. The van der Waals surface area contributed by atoms with Gasteiger partial charge in [-0.25, -0.2) is 9.97 Å². The topological polar surface area (TPSA) is 55.3 Å². The fraction of sp³-hybridized carbons (Fsp3) is 0.312. The van der Waals surface area contributed by atoms with E-state index in [9.17, 15) is 4.79 Å². The van der Waals surface area contributed by atoms with Crippen LogP contribution in [0.1, 0.15) is 10.4 Å². The molecule has 0 radical (unpaired) electrons. The molecule has 23 heavy (non-hydrogen) atoms. The van der Waals surface area contributed by atoms with Gasteiger partial charge in [0.25, 0.3) is 0 Å². The quantitative estimate of drug-likeness (QED) is 0.674. The number of ether oxygens (including phenoxy) is 1. The second kappa shape index (κ2) is 6.25. The molecule has 3 aromatic heterocycles. The van der Waals surface area contributed by atoms with Gasteiger partial charge in [0.1, 0.15) is 17.2 Å². The highest BCUT2D eigenvalue weighted by atomic mass is 32.1. The van der Waals surface area contributed by atoms with Crippen LogP contribution in [0.3, 0.4) is 0 Å². The number of aryl methyl sites for hydroxylation is 2. The number of hydrogen-bond donors (Lipinski definition) is 0. The van der Waals surface area contributed by atoms with Gasteiger partial charge in [-0.3, -0.25) is 4.79 Å². The Kier molecular flexibility index (Phi) is 4.32. The number of rotatable bonds is 4. The van der Waals surface area contributed by atoms with Gasteiger partial charge < -0.3 is 9.64 Å². The van der Waals surface area contributed by atoms with Crippen molar-refractivity contribution in [2.24, 2.45) is 0 Å². The largest absolute Gasteiger partial charge is 0.468 e. The van der Waals surface area contributed by atoms with Crippen molar-refractivity contribution in [3.05, 3.63) is 28.0 Å². The summed E-state index contributed by atoms with van der Waals surface area (Å²) in [6.07, 6.45) is 0. The molecular formula is C16H17N3O2S2. The summed E-state index contributed by atoms with van der Waals surface area (Å²) < 4.78 is 4.77. The molecule has 0 aromatic carbocycles. The predicted molar refractivity (Wildman–Crippen MR) is 95.5 cm³/mol. The van der Waals surface area contributed by atoms with Crippen molar-refractivity contribution in [1.29, 1.82) is 0 Å². The molecule has 3 aromatic rings. The number of nitrogens with zero attached hydrogens (tertiary/aromatic N) is 3. The summed E-state index contributed by atoms with van der Waals surface area (Å²) in [6.45, 7) is 4.30. The Morgan fingerprint density at radius 3 is 2.78 bits per heavy atom. The lowest BCUT2D eigenvalue weighted by molar-refractivity contribution is -0.138. The van der Waals surface area contributed by atoms with Gasteiger partial charge in [0.05, 0.1) is 17.4 Å². The van der Waals surface area contributed by atoms with Gasteiger partial charge in [-0.1, -0.05) is 6.07 Å². The summed E-state index contributed by atoms with van der Waals surface area (Å²) in [5, 5.41) is 3.02. The minimum atomic E-state index is -0.290. The Balaban J connectivity index is 2.18. The second-order valence-electron chi connectivity index (χ2n) is 5.24. The van der Waals surface area contributed by atoms with E-state index in [0.29, 0.717) is 5.82 Å². The number of carbonyl (C=O) groups excluding carboxylic acids is 1. The van der Waals surface area contributed by atoms with Crippen LogP contribution >= 0.6 is 22.7 Å². The molecular weight excluding hydrogens is 330 g/mol. The summed E-state index contributed by atoms with van der Waals surface area (Å²) in [6, 6.07) is 3.99. The number of likely N-dealkylation sites (N-methyl/N-ethyl adjacent to an activating group) is 1. The zero-order valence-corrected chi connectivity index (χ0v) is 15.0. The van der Waals surface area contributed by atoms with Gasteiger partial charge in [-0.15, -0.1) is 22.7 Å². The molecule has 0 atom stereocenters. The highest BCUT2D eigenvalue weighted by molar-refractivity contribution is 7.19. The van der Waals surface area contributed by atoms with Crippen molar-refractivity contribution >= 4 is 44.7 Å². The number of anilines is 1. The van der Waals surface area contributed by atoms with E-state index in [2.05, 4.69) is 13.8 Å². The lowest BCUT2D eigenvalue weighted by atomic mass is 10.2. The summed E-state index contributed by atoms with van der Waals surface area (Å²) in [4.78, 5) is 26.1. The second-order valence-corrected chi connectivity index (χ2v) is 7.39. The van der Waals surface area contributed by atoms with Crippen molar-refractivity contribution in [3.63, 3.8) is 0 Å². The molecule has 0 aliphatic rings. The van der Waals surface area contributed by atoms with Crippen LogP contribution in [0, 0.1) is 13.8 Å². The van der Waals surface area contributed by atoms with Crippen molar-refractivity contribution in [2.75, 3.05) is 25.6 Å². The number of carbonyl (C=O) groups is 1. The maximum Gasteiger partial charge on any atom is 0.325 e. The van der Waals surface area contributed by atoms with Crippen molar-refractivity contribution in [1.82, 2.24) is 9.97 Å². The average Bonchev–Trinajstić information content (AvgIpc) is 3.15. The molecule has 0 saturated heterocycles. The number of thiophene rings is 2. The molecule has 7 heteroatoms. The van der Waals surface area contributed by atoms with Crippen LogP contribution in [0.25, 0.3) is 20.9 Å². The van der Waals surface area contributed by atoms with E-state index in [-0.39, 0.29) is 12.5 Å². The standard InChI is InChI=1S/C16H17N3O2S2/c1-9-10(2)23-16-13(9)15(19(3)8-12(20)21-4)17-14(18-16)11-6-5-7-22-11/h5-7H,8H2,1-4H3. The van der Waals surface area contributed by atoms with Crippen LogP contribution < -0.4 is 4.90 Å². The van der Waals surface area contributed by atoms with E-state index in [1.165, 1.54) is 12.0 Å². The van der Waals surface area contributed by atoms with Crippen molar-refractivity contribution in [2.45, 2.75) is 13.8 Å². The lowest BCUT2D eigenvalue weighted by Crippen LogP contribution is -2.27. The van der Waals surface area contributed by atoms with Crippen LogP contribution in [-0.4, -0.2) is 36.6 Å². The molecule has 0 spiro atoms. The number of hydrogen-bond acceptors (Lipinski definition) is 7. The van der Waals surface area contributed by atoms with Gasteiger partial charge >= 0.3 is 5.97 Å². The maximum absolute atomic E-state index is 11.6. The van der Waals surface area contributed by atoms with Crippen molar-refractivity contribution in [3.8, 4) is 10.7 Å². The van der Waals surface area contributed by atoms with Gasteiger partial charge in [-0.2, -0.15) is 0 Å². The molecule has 5 nitrogen and oxygen atoms in total. The number of esters is 1. The first-order chi connectivity index (χ1) is 11.0. The summed E-state index contributed by atoms with van der Waals surface area (Å²) in [5.41, 5.74) is 1.16. The normalized spacial score (nSPS) is 11.0. The molecule has 3 rings (SSSR count). The molecule has 0 unspecified atom stereocenters. The minimum absolute atomic E-state index is 0.154. The third kappa shape index (κ3) is 2.94. The van der Waals surface area contributed by atoms with E-state index in [4.69, 9.17) is 14.7 Å². The SMILES string of the molecule is COC(=O)CN(C)c1nc(-c2cccs2)nc2sc(C)c(C)c12. The van der Waals surface area contributed by atoms with E-state index < -0.39 is 0 Å². The van der Waals surface area contributed by atoms with Crippen LogP contribution in [0.5, 0.6) is 0 Å². The van der Waals surface area contributed by atoms with Crippen LogP contribution in [0.2, 0.25) is 0 Å². The third-order valence-corrected chi connectivity index (χ3v) is 5.67. The third-order valence-electron chi connectivity index (χ3n) is 3.71. The first-order valence-electron chi connectivity index (χ1n) is 7.10. The zero-order chi connectivity index (χ0) is 16.6. The first-order valence-corrected chi connectivity index (χ1v) is 8.80. The fourth-order valence-electron chi connectivity index (χ4n) is 2.35. The molecule has 120 valence electrons. The maximum atomic E-state index is 11.6. The Morgan fingerprint density at radius 2 is 2.13 bits per heavy atom. The lowest BCUT2D eigenvalue weighted by Gasteiger charge is -2.18. The Bertz CT molecular complexity index is 856. The molecule has 0 N–H and O–H groups in total. The molecule has 0 aliphatic heterocycles. The summed E-state index contributed by atoms with van der Waals surface area (Å²) in [5.74, 6) is 1.17. The van der Waals surface area contributed by atoms with E-state index in [1.54, 1.807) is 22.7 Å². The Hall–Kier alpha value is -1.99. The average molecular weight is 347 g/mol. The Morgan fingerprint density at radius 1 is 1.35 bits per heavy atom. The zero-order valence-electron chi connectivity index (χ0n) is 13.4. The highest BCUT2D eigenvalue weighted by Crippen LogP contribution is 2.36. The molecule has 0 amide bonds. The number of methoxy groups -OCH3 is 1. The van der Waals surface area contributed by atoms with E-state index in [1.807, 2.05) is 29.5 Å². The summed E-state index contributed by atoms with van der Waals surface area (Å²) in [7, 11) is 3.24. The smallest absolute Gasteiger partial charge is 0.325 e. The minimum Gasteiger partial charge on any atom is -0.468 e. The van der Waals surface area contributed by atoms with E-state index in [0.717, 1.165) is 26.5 Å². The Labute approximate surface area is 142 Å². The van der Waals surface area contributed by atoms with Crippen LogP contribution in [0.15, 0.2) is 17.5 Å². The van der Waals surface area contributed by atoms with Gasteiger partial charge in [0, 0.05) is 11.9 Å². The number of fused-ring (bicyclic) bond motifs is 1. The first kappa shape index (κ1) is 15.9. The van der Waals surface area contributed by atoms with Crippen molar-refractivity contribution < 1.29 is 9.53 Å². The summed E-state index contributed by atoms with van der Waals surface area (Å²) >= 11 is 3.26. The predicted octanol–water partition coefficient (Wildman–Crippen LogP) is 3.65. The van der Waals surface area contributed by atoms with Gasteiger partial charge in [0.2, 0.25) is 0 Å². The molecule has 0 fully saturated rings. The fourth-order valence-corrected chi connectivity index (χ4v) is 4.04. The van der Waals surface area contributed by atoms with Gasteiger partial charge in [0.15, 0.2) is 5.82 Å². The molecule has 0 aliphatic carbocycles. The van der Waals surface area contributed by atoms with E-state index >= 15 is 0 Å². The monoisotopic (exact) mass is 347 g/mol. The molecule has 0 saturated carbocycles. The van der Waals surface area contributed by atoms with Crippen LogP contribution in [-0.2, 0) is 9.53 Å². The van der Waals surface area contributed by atoms with Crippen LogP contribution in [0.4, 0.5) is 5.82 Å². The highest BCUT2D eigenvalue weighted by Gasteiger charge is 2.19. The molecule has 0 bridgehead atoms. The number of aromatic nitrogens is 2. The van der Waals surface area contributed by atoms with Gasteiger partial charge in [-0.05, 0) is 30.9 Å².